The minimum atomic E-state index is -3.58. The van der Waals surface area contributed by atoms with E-state index in [1.54, 1.807) is 47.6 Å². The van der Waals surface area contributed by atoms with Crippen LogP contribution >= 0.6 is 0 Å². The fraction of sp³-hybridized carbons (Fsp3) is 0.308. The molecule has 35 heavy (non-hydrogen) atoms. The lowest BCUT2D eigenvalue weighted by atomic mass is 10.1. The van der Waals surface area contributed by atoms with Crippen molar-refractivity contribution in [2.45, 2.75) is 32.6 Å². The van der Waals surface area contributed by atoms with Gasteiger partial charge >= 0.3 is 0 Å². The van der Waals surface area contributed by atoms with Crippen molar-refractivity contribution in [1.29, 1.82) is 0 Å². The largest absolute Gasteiger partial charge is 0.369 e. The number of nitrogens with one attached hydrogen (secondary N) is 1. The number of carbonyl (C=O) groups excluding carboxylic acids is 1. The Labute approximate surface area is 206 Å². The van der Waals surface area contributed by atoms with Crippen molar-refractivity contribution in [3.63, 3.8) is 0 Å². The maximum Gasteiger partial charge on any atom is 0.243 e. The quantitative estimate of drug-likeness (QED) is 0.551. The van der Waals surface area contributed by atoms with Gasteiger partial charge in [-0.25, -0.2) is 8.42 Å². The Kier molecular flexibility index (Phi) is 7.09. The minimum absolute atomic E-state index is 0.213. The SMILES string of the molecule is CC(=O)Nc1c(C)noc1C=Cc1ccc(S(=O)(=O)N2CCN(c3cc(C)ccc3C)CC2)cc1. The first kappa shape index (κ1) is 24.7. The molecule has 184 valence electrons. The first-order valence-electron chi connectivity index (χ1n) is 11.5. The summed E-state index contributed by atoms with van der Waals surface area (Å²) in [5.41, 5.74) is 5.46. The maximum atomic E-state index is 13.2. The van der Waals surface area contributed by atoms with E-state index in [0.717, 1.165) is 5.56 Å². The molecular formula is C26H30N4O4S. The van der Waals surface area contributed by atoms with Crippen LogP contribution < -0.4 is 10.2 Å². The Morgan fingerprint density at radius 2 is 1.69 bits per heavy atom. The van der Waals surface area contributed by atoms with Crippen LogP contribution in [0.4, 0.5) is 11.4 Å². The zero-order valence-corrected chi connectivity index (χ0v) is 21.2. The number of carbonyl (C=O) groups is 1. The van der Waals surface area contributed by atoms with E-state index in [-0.39, 0.29) is 10.8 Å². The molecule has 1 fully saturated rings. The first-order valence-corrected chi connectivity index (χ1v) is 12.9. The van der Waals surface area contributed by atoms with Gasteiger partial charge in [-0.1, -0.05) is 35.5 Å². The lowest BCUT2D eigenvalue weighted by Gasteiger charge is -2.36. The summed E-state index contributed by atoms with van der Waals surface area (Å²) < 4.78 is 33.3. The van der Waals surface area contributed by atoms with E-state index in [4.69, 9.17) is 4.52 Å². The highest BCUT2D eigenvalue weighted by Crippen LogP contribution is 2.26. The second-order valence-electron chi connectivity index (χ2n) is 8.77. The Hall–Kier alpha value is -3.43. The summed E-state index contributed by atoms with van der Waals surface area (Å²) in [5, 5.41) is 6.59. The highest BCUT2D eigenvalue weighted by Gasteiger charge is 2.29. The third kappa shape index (κ3) is 5.47. The van der Waals surface area contributed by atoms with Gasteiger partial charge in [-0.3, -0.25) is 4.79 Å². The molecule has 1 N–H and O–H groups in total. The number of nitrogens with zero attached hydrogens (tertiary/aromatic N) is 3. The molecule has 0 bridgehead atoms. The van der Waals surface area contributed by atoms with E-state index in [1.165, 1.54) is 23.7 Å². The number of sulfonamides is 1. The zero-order chi connectivity index (χ0) is 25.2. The van der Waals surface area contributed by atoms with Gasteiger partial charge in [-0.15, -0.1) is 0 Å². The molecule has 3 aromatic rings. The van der Waals surface area contributed by atoms with Crippen molar-refractivity contribution in [3.05, 3.63) is 70.6 Å². The summed E-state index contributed by atoms with van der Waals surface area (Å²) in [6, 6.07) is 13.1. The fourth-order valence-corrected chi connectivity index (χ4v) is 5.55. The van der Waals surface area contributed by atoms with E-state index in [9.17, 15) is 13.2 Å². The van der Waals surface area contributed by atoms with Crippen LogP contribution in [0.2, 0.25) is 0 Å². The summed E-state index contributed by atoms with van der Waals surface area (Å²) in [5.74, 6) is 0.214. The zero-order valence-electron chi connectivity index (χ0n) is 20.4. The molecule has 1 saturated heterocycles. The van der Waals surface area contributed by atoms with Gasteiger partial charge in [0.05, 0.1) is 4.90 Å². The van der Waals surface area contributed by atoms with E-state index < -0.39 is 10.0 Å². The van der Waals surface area contributed by atoms with Crippen molar-refractivity contribution in [1.82, 2.24) is 9.46 Å². The van der Waals surface area contributed by atoms with Crippen LogP contribution in [-0.2, 0) is 14.8 Å². The Morgan fingerprint density at radius 1 is 1.00 bits per heavy atom. The van der Waals surface area contributed by atoms with Gasteiger partial charge in [0.2, 0.25) is 15.9 Å². The number of hydrogen-bond acceptors (Lipinski definition) is 6. The molecule has 9 heteroatoms. The van der Waals surface area contributed by atoms with E-state index in [2.05, 4.69) is 47.4 Å². The maximum absolute atomic E-state index is 13.2. The molecule has 0 atom stereocenters. The van der Waals surface area contributed by atoms with Crippen molar-refractivity contribution in [2.75, 3.05) is 36.4 Å². The topological polar surface area (TPSA) is 95.8 Å². The third-order valence-electron chi connectivity index (χ3n) is 6.08. The molecule has 2 aromatic carbocycles. The molecule has 2 heterocycles. The molecular weight excluding hydrogens is 464 g/mol. The molecule has 0 radical (unpaired) electrons. The lowest BCUT2D eigenvalue weighted by Crippen LogP contribution is -2.48. The number of rotatable bonds is 6. The molecule has 4 rings (SSSR count). The van der Waals surface area contributed by atoms with Crippen LogP contribution in [0, 0.1) is 20.8 Å². The van der Waals surface area contributed by atoms with Crippen LogP contribution in [-0.4, -0.2) is 50.0 Å². The Bertz CT molecular complexity index is 1350. The second-order valence-corrected chi connectivity index (χ2v) is 10.7. The molecule has 1 aromatic heterocycles. The van der Waals surface area contributed by atoms with Crippen molar-refractivity contribution in [2.24, 2.45) is 0 Å². The smallest absolute Gasteiger partial charge is 0.243 e. The average Bonchev–Trinajstić information content (AvgIpc) is 3.18. The highest BCUT2D eigenvalue weighted by atomic mass is 32.2. The summed E-state index contributed by atoms with van der Waals surface area (Å²) in [6.45, 7) is 9.49. The normalized spacial score (nSPS) is 15.0. The molecule has 1 amide bonds. The standard InChI is InChI=1S/C26H30N4O4S/c1-18-5-6-19(2)24(17-18)29-13-15-30(16-14-29)35(32,33)23-10-7-22(8-11-23)9-12-25-26(27-21(4)31)20(3)28-34-25/h5-12,17H,13-16H2,1-4H3,(H,27,31). The molecule has 1 aliphatic rings. The lowest BCUT2D eigenvalue weighted by molar-refractivity contribution is -0.114. The first-order chi connectivity index (χ1) is 16.6. The van der Waals surface area contributed by atoms with E-state index >= 15 is 0 Å². The van der Waals surface area contributed by atoms with Crippen LogP contribution in [0.3, 0.4) is 0 Å². The second kappa shape index (κ2) is 10.1. The summed E-state index contributed by atoms with van der Waals surface area (Å²) in [4.78, 5) is 13.9. The summed E-state index contributed by atoms with van der Waals surface area (Å²) >= 11 is 0. The average molecular weight is 495 g/mol. The Morgan fingerprint density at radius 3 is 2.34 bits per heavy atom. The van der Waals surface area contributed by atoms with Crippen LogP contribution in [0.5, 0.6) is 0 Å². The van der Waals surface area contributed by atoms with Crippen molar-refractivity contribution >= 4 is 39.5 Å². The van der Waals surface area contributed by atoms with Crippen molar-refractivity contribution in [3.8, 4) is 0 Å². The number of aromatic nitrogens is 1. The molecule has 0 aliphatic carbocycles. The monoisotopic (exact) mass is 494 g/mol. The van der Waals surface area contributed by atoms with Gasteiger partial charge in [-0.05, 0) is 61.7 Å². The number of benzene rings is 2. The van der Waals surface area contributed by atoms with E-state index in [0.29, 0.717) is 43.3 Å². The predicted molar refractivity (Wildman–Crippen MR) is 138 cm³/mol. The molecule has 0 saturated carbocycles. The number of aryl methyl sites for hydroxylation is 3. The summed E-state index contributed by atoms with van der Waals surface area (Å²) in [7, 11) is -3.58. The van der Waals surface area contributed by atoms with Gasteiger partial charge in [-0.2, -0.15) is 4.31 Å². The van der Waals surface area contributed by atoms with Crippen LogP contribution in [0.1, 0.15) is 35.1 Å². The number of anilines is 2. The van der Waals surface area contributed by atoms with Crippen LogP contribution in [0.15, 0.2) is 51.9 Å². The molecule has 0 spiro atoms. The third-order valence-corrected chi connectivity index (χ3v) is 7.99. The summed E-state index contributed by atoms with van der Waals surface area (Å²) in [6.07, 6.45) is 3.48. The predicted octanol–water partition coefficient (Wildman–Crippen LogP) is 4.24. The van der Waals surface area contributed by atoms with E-state index in [1.807, 2.05) is 0 Å². The molecule has 1 aliphatic heterocycles. The molecule has 8 nitrogen and oxygen atoms in total. The van der Waals surface area contributed by atoms with Crippen LogP contribution in [0.25, 0.3) is 12.2 Å². The van der Waals surface area contributed by atoms with Gasteiger partial charge in [0, 0.05) is 38.8 Å². The highest BCUT2D eigenvalue weighted by molar-refractivity contribution is 7.89. The number of piperazine rings is 1. The molecule has 0 unspecified atom stereocenters. The van der Waals surface area contributed by atoms with Crippen molar-refractivity contribution < 1.29 is 17.7 Å². The van der Waals surface area contributed by atoms with Gasteiger partial charge in [0.1, 0.15) is 11.4 Å². The Balaban J connectivity index is 1.43. The fourth-order valence-electron chi connectivity index (χ4n) is 4.13. The van der Waals surface area contributed by atoms with Gasteiger partial charge in [0.15, 0.2) is 5.76 Å². The minimum Gasteiger partial charge on any atom is -0.369 e. The van der Waals surface area contributed by atoms with Gasteiger partial charge in [0.25, 0.3) is 0 Å². The van der Waals surface area contributed by atoms with Gasteiger partial charge < -0.3 is 14.7 Å². The number of amides is 1. The number of hydrogen-bond donors (Lipinski definition) is 1.